The molecule has 6 nitrogen and oxygen atoms in total. The van der Waals surface area contributed by atoms with Gasteiger partial charge in [-0.3, -0.25) is 9.59 Å². The molecule has 0 aliphatic carbocycles. The Balaban J connectivity index is 2.79. The Labute approximate surface area is 117 Å². The summed E-state index contributed by atoms with van der Waals surface area (Å²) in [5.74, 6) is -0.105. The van der Waals surface area contributed by atoms with E-state index in [0.717, 1.165) is 12.8 Å². The second kappa shape index (κ2) is 7.13. The van der Waals surface area contributed by atoms with Crippen molar-refractivity contribution in [1.29, 1.82) is 0 Å². The normalized spacial score (nSPS) is 10.3. The molecule has 1 amide bonds. The van der Waals surface area contributed by atoms with Gasteiger partial charge < -0.3 is 10.2 Å². The first kappa shape index (κ1) is 15.5. The van der Waals surface area contributed by atoms with Crippen LogP contribution in [0, 0.1) is 0 Å². The smallest absolute Gasteiger partial charge is 0.287 e. The second-order valence-corrected chi connectivity index (χ2v) is 4.77. The van der Waals surface area contributed by atoms with Crippen molar-refractivity contribution >= 4 is 23.2 Å². The Morgan fingerprint density at radius 2 is 2.21 bits per heavy atom. The number of halogens is 1. The highest BCUT2D eigenvalue weighted by Crippen LogP contribution is 2.14. The lowest BCUT2D eigenvalue weighted by molar-refractivity contribution is -0.126. The summed E-state index contributed by atoms with van der Waals surface area (Å²) in [7, 11) is 3.32. The van der Waals surface area contributed by atoms with Gasteiger partial charge in [-0.1, -0.05) is 24.9 Å². The molecule has 0 saturated carbocycles. The summed E-state index contributed by atoms with van der Waals surface area (Å²) in [6.45, 7) is 2.66. The highest BCUT2D eigenvalue weighted by Gasteiger charge is 2.10. The van der Waals surface area contributed by atoms with E-state index in [-0.39, 0.29) is 23.0 Å². The zero-order chi connectivity index (χ0) is 14.4. The highest BCUT2D eigenvalue weighted by molar-refractivity contribution is 6.33. The predicted octanol–water partition coefficient (Wildman–Crippen LogP) is 1.20. The number of aromatic nitrogens is 2. The van der Waals surface area contributed by atoms with Crippen LogP contribution >= 0.6 is 11.6 Å². The molecule has 1 aromatic heterocycles. The molecule has 0 unspecified atom stereocenters. The minimum absolute atomic E-state index is 0.0673. The van der Waals surface area contributed by atoms with Gasteiger partial charge in [0.1, 0.15) is 5.02 Å². The summed E-state index contributed by atoms with van der Waals surface area (Å²) in [4.78, 5) is 24.8. The zero-order valence-electron chi connectivity index (χ0n) is 11.4. The second-order valence-electron chi connectivity index (χ2n) is 4.40. The molecular formula is C12H19ClN4O2. The number of nitrogens with one attached hydrogen (secondary N) is 1. The number of hydrogen-bond donors (Lipinski definition) is 1. The molecule has 1 heterocycles. The third kappa shape index (κ3) is 4.24. The van der Waals surface area contributed by atoms with E-state index in [2.05, 4.69) is 10.4 Å². The van der Waals surface area contributed by atoms with E-state index < -0.39 is 0 Å². The van der Waals surface area contributed by atoms with Crippen molar-refractivity contribution in [2.75, 3.05) is 26.0 Å². The quantitative estimate of drug-likeness (QED) is 0.853. The standard InChI is InChI=1S/C12H19ClN4O2/c1-4-5-6-17-12(19)11(13)9(7-15-17)14-8-10(18)16(2)3/h7,14H,4-6,8H2,1-3H3. The van der Waals surface area contributed by atoms with Gasteiger partial charge in [0.05, 0.1) is 18.4 Å². The topological polar surface area (TPSA) is 67.2 Å². The summed E-state index contributed by atoms with van der Waals surface area (Å²) < 4.78 is 1.34. The fourth-order valence-electron chi connectivity index (χ4n) is 1.38. The number of aryl methyl sites for hydroxylation is 1. The van der Waals surface area contributed by atoms with Gasteiger partial charge in [-0.15, -0.1) is 0 Å². The number of carbonyl (C=O) groups is 1. The van der Waals surface area contributed by atoms with Crippen LogP contribution in [0.2, 0.25) is 5.02 Å². The molecule has 7 heteroatoms. The maximum Gasteiger partial charge on any atom is 0.287 e. The number of anilines is 1. The number of nitrogens with zero attached hydrogens (tertiary/aromatic N) is 3. The number of amides is 1. The minimum Gasteiger partial charge on any atom is -0.373 e. The van der Waals surface area contributed by atoms with Gasteiger partial charge in [0, 0.05) is 20.6 Å². The molecule has 0 bridgehead atoms. The Bertz CT molecular complexity index is 499. The Kier molecular flexibility index (Phi) is 5.82. The molecule has 0 aliphatic heterocycles. The van der Waals surface area contributed by atoms with Crippen molar-refractivity contribution in [2.45, 2.75) is 26.3 Å². The van der Waals surface area contributed by atoms with Crippen molar-refractivity contribution in [2.24, 2.45) is 0 Å². The van der Waals surface area contributed by atoms with E-state index in [1.807, 2.05) is 6.92 Å². The Morgan fingerprint density at radius 1 is 1.53 bits per heavy atom. The fraction of sp³-hybridized carbons (Fsp3) is 0.583. The van der Waals surface area contributed by atoms with Crippen LogP contribution in [0.1, 0.15) is 19.8 Å². The van der Waals surface area contributed by atoms with Gasteiger partial charge in [0.15, 0.2) is 0 Å². The van der Waals surface area contributed by atoms with Gasteiger partial charge in [-0.2, -0.15) is 5.10 Å². The molecule has 0 aromatic carbocycles. The maximum atomic E-state index is 11.9. The maximum absolute atomic E-state index is 11.9. The molecule has 0 fully saturated rings. The van der Waals surface area contributed by atoms with E-state index in [4.69, 9.17) is 11.6 Å². The van der Waals surface area contributed by atoms with Gasteiger partial charge in [0.25, 0.3) is 5.56 Å². The van der Waals surface area contributed by atoms with Crippen molar-refractivity contribution in [3.05, 3.63) is 21.6 Å². The Morgan fingerprint density at radius 3 is 2.79 bits per heavy atom. The summed E-state index contributed by atoms with van der Waals surface area (Å²) in [5, 5.41) is 6.92. The van der Waals surface area contributed by atoms with E-state index in [9.17, 15) is 9.59 Å². The average Bonchev–Trinajstić information content (AvgIpc) is 2.38. The van der Waals surface area contributed by atoms with E-state index in [1.165, 1.54) is 15.8 Å². The first-order valence-corrected chi connectivity index (χ1v) is 6.54. The SMILES string of the molecule is CCCCn1ncc(NCC(=O)N(C)C)c(Cl)c1=O. The lowest BCUT2D eigenvalue weighted by atomic mass is 10.3. The third-order valence-corrected chi connectivity index (χ3v) is 3.00. The zero-order valence-corrected chi connectivity index (χ0v) is 12.2. The molecule has 0 atom stereocenters. The van der Waals surface area contributed by atoms with Crippen LogP contribution in [-0.4, -0.2) is 41.2 Å². The average molecular weight is 287 g/mol. The van der Waals surface area contributed by atoms with Crippen LogP contribution in [0.5, 0.6) is 0 Å². The molecule has 0 saturated heterocycles. The van der Waals surface area contributed by atoms with Crippen LogP contribution < -0.4 is 10.9 Å². The molecular weight excluding hydrogens is 268 g/mol. The van der Waals surface area contributed by atoms with Crippen molar-refractivity contribution in [3.8, 4) is 0 Å². The number of rotatable bonds is 6. The summed E-state index contributed by atoms with van der Waals surface area (Å²) in [6.07, 6.45) is 3.32. The van der Waals surface area contributed by atoms with Gasteiger partial charge in [-0.25, -0.2) is 4.68 Å². The highest BCUT2D eigenvalue weighted by atomic mass is 35.5. The summed E-state index contributed by atoms with van der Waals surface area (Å²) in [6, 6.07) is 0. The van der Waals surface area contributed by atoms with Crippen LogP contribution in [0.25, 0.3) is 0 Å². The lowest BCUT2D eigenvalue weighted by Crippen LogP contribution is -2.30. The molecule has 106 valence electrons. The van der Waals surface area contributed by atoms with Crippen LogP contribution in [-0.2, 0) is 11.3 Å². The molecule has 1 rings (SSSR count). The minimum atomic E-state index is -0.336. The molecule has 0 aliphatic rings. The van der Waals surface area contributed by atoms with Crippen LogP contribution in [0.4, 0.5) is 5.69 Å². The number of carbonyl (C=O) groups excluding carboxylic acids is 1. The number of hydrogen-bond acceptors (Lipinski definition) is 4. The van der Waals surface area contributed by atoms with Gasteiger partial charge in [-0.05, 0) is 6.42 Å². The number of unbranched alkanes of at least 4 members (excludes halogenated alkanes) is 1. The predicted molar refractivity (Wildman–Crippen MR) is 75.6 cm³/mol. The largest absolute Gasteiger partial charge is 0.373 e. The monoisotopic (exact) mass is 286 g/mol. The lowest BCUT2D eigenvalue weighted by Gasteiger charge is -2.13. The van der Waals surface area contributed by atoms with Gasteiger partial charge in [0.2, 0.25) is 5.91 Å². The molecule has 1 N–H and O–H groups in total. The fourth-order valence-corrected chi connectivity index (χ4v) is 1.60. The first-order valence-electron chi connectivity index (χ1n) is 6.17. The summed E-state index contributed by atoms with van der Waals surface area (Å²) in [5.41, 5.74) is 0.0482. The van der Waals surface area contributed by atoms with Crippen LogP contribution in [0.3, 0.4) is 0 Å². The Hall–Kier alpha value is -1.56. The molecule has 0 radical (unpaired) electrons. The van der Waals surface area contributed by atoms with E-state index in [1.54, 1.807) is 14.1 Å². The van der Waals surface area contributed by atoms with Gasteiger partial charge >= 0.3 is 0 Å². The molecule has 1 aromatic rings. The van der Waals surface area contributed by atoms with E-state index in [0.29, 0.717) is 12.2 Å². The molecule has 19 heavy (non-hydrogen) atoms. The van der Waals surface area contributed by atoms with Crippen LogP contribution in [0.15, 0.2) is 11.0 Å². The van der Waals surface area contributed by atoms with E-state index >= 15 is 0 Å². The first-order chi connectivity index (χ1) is 8.97. The number of likely N-dealkylation sites (N-methyl/N-ethyl adjacent to an activating group) is 1. The third-order valence-electron chi connectivity index (χ3n) is 2.64. The molecule has 0 spiro atoms. The van der Waals surface area contributed by atoms with Crippen molar-refractivity contribution in [1.82, 2.24) is 14.7 Å². The summed E-state index contributed by atoms with van der Waals surface area (Å²) >= 11 is 5.98. The van der Waals surface area contributed by atoms with Crippen molar-refractivity contribution in [3.63, 3.8) is 0 Å². The van der Waals surface area contributed by atoms with Crippen molar-refractivity contribution < 1.29 is 4.79 Å².